The fraction of sp³-hybridized carbons (Fsp3) is 0.176. The number of esters is 1. The molecule has 0 saturated carbocycles. The number of anilines is 1. The molecule has 0 unspecified atom stereocenters. The number of hydrogen-bond acceptors (Lipinski definition) is 8. The smallest absolute Gasteiger partial charge is 0.311 e. The van der Waals surface area contributed by atoms with Gasteiger partial charge in [0.1, 0.15) is 5.69 Å². The Morgan fingerprint density at radius 2 is 1.82 bits per heavy atom. The summed E-state index contributed by atoms with van der Waals surface area (Å²) in [4.78, 5) is 32.4. The van der Waals surface area contributed by atoms with Crippen molar-refractivity contribution in [3.63, 3.8) is 0 Å². The number of nitrogens with one attached hydrogen (secondary N) is 1. The molecule has 10 nitrogen and oxygen atoms in total. The van der Waals surface area contributed by atoms with Crippen LogP contribution >= 0.6 is 11.6 Å². The molecule has 0 radical (unpaired) electrons. The molecule has 146 valence electrons. The summed E-state index contributed by atoms with van der Waals surface area (Å²) in [6.45, 7) is 1.85. The molecule has 11 heteroatoms. The molecule has 0 atom stereocenters. The number of hydrogen-bond donors (Lipinski definition) is 1. The first-order chi connectivity index (χ1) is 13.3. The highest BCUT2D eigenvalue weighted by molar-refractivity contribution is 6.30. The van der Waals surface area contributed by atoms with E-state index in [1.54, 1.807) is 31.2 Å². The fourth-order valence-corrected chi connectivity index (χ4v) is 2.33. The van der Waals surface area contributed by atoms with Crippen molar-refractivity contribution in [3.8, 4) is 0 Å². The fourth-order valence-electron chi connectivity index (χ4n) is 2.20. The number of nitrogens with zero attached hydrogens (tertiary/aromatic N) is 3. The van der Waals surface area contributed by atoms with Crippen LogP contribution in [0.5, 0.6) is 0 Å². The zero-order valence-electron chi connectivity index (χ0n) is 14.6. The molecular formula is C17H15ClN4O6. The number of carbonyl (C=O) groups excluding carboxylic acids is 1. The van der Waals surface area contributed by atoms with E-state index in [9.17, 15) is 25.0 Å². The van der Waals surface area contributed by atoms with Crippen molar-refractivity contribution in [1.29, 1.82) is 0 Å². The van der Waals surface area contributed by atoms with Gasteiger partial charge >= 0.3 is 11.7 Å². The van der Waals surface area contributed by atoms with E-state index in [0.29, 0.717) is 10.6 Å². The van der Waals surface area contributed by atoms with Gasteiger partial charge in [0.2, 0.25) is 0 Å². The molecule has 0 fully saturated rings. The highest BCUT2D eigenvalue weighted by atomic mass is 35.5. The number of non-ortho nitro benzene ring substituents is 1. The highest BCUT2D eigenvalue weighted by Gasteiger charge is 2.20. The van der Waals surface area contributed by atoms with Crippen LogP contribution in [-0.4, -0.2) is 28.1 Å². The molecule has 2 rings (SSSR count). The predicted octanol–water partition coefficient (Wildman–Crippen LogP) is 3.93. The summed E-state index contributed by atoms with van der Waals surface area (Å²) in [5.74, 6) is -0.531. The van der Waals surface area contributed by atoms with Crippen molar-refractivity contribution in [2.45, 2.75) is 13.3 Å². The van der Waals surface area contributed by atoms with Crippen molar-refractivity contribution in [3.05, 3.63) is 73.3 Å². The van der Waals surface area contributed by atoms with Crippen LogP contribution in [0.1, 0.15) is 18.9 Å². The topological polar surface area (TPSA) is 137 Å². The van der Waals surface area contributed by atoms with Gasteiger partial charge in [0.05, 0.1) is 34.7 Å². The Balaban J connectivity index is 2.38. The van der Waals surface area contributed by atoms with Gasteiger partial charge < -0.3 is 4.74 Å². The van der Waals surface area contributed by atoms with Gasteiger partial charge in [-0.1, -0.05) is 23.7 Å². The van der Waals surface area contributed by atoms with Crippen molar-refractivity contribution in [1.82, 2.24) is 0 Å². The Bertz CT molecular complexity index is 930. The van der Waals surface area contributed by atoms with Crippen LogP contribution in [0.25, 0.3) is 0 Å². The molecule has 0 aromatic heterocycles. The minimum atomic E-state index is -0.766. The standard InChI is InChI=1S/C17H15ClN4O6/c1-2-28-17(23)10-15(11-3-5-12(18)6-4-11)20-19-14-8-7-13(21(24)25)9-16(14)22(26)27/h3-9,19H,2,10H2,1H3/b20-15+. The van der Waals surface area contributed by atoms with Crippen LogP contribution < -0.4 is 5.43 Å². The molecular weight excluding hydrogens is 392 g/mol. The van der Waals surface area contributed by atoms with E-state index in [4.69, 9.17) is 16.3 Å². The van der Waals surface area contributed by atoms with Crippen LogP contribution in [-0.2, 0) is 9.53 Å². The molecule has 2 aromatic carbocycles. The van der Waals surface area contributed by atoms with Crippen molar-refractivity contribution in [2.24, 2.45) is 5.10 Å². The molecule has 0 bridgehead atoms. The van der Waals surface area contributed by atoms with E-state index in [0.717, 1.165) is 12.1 Å². The van der Waals surface area contributed by atoms with Gasteiger partial charge in [-0.2, -0.15) is 5.10 Å². The zero-order valence-corrected chi connectivity index (χ0v) is 15.4. The summed E-state index contributed by atoms with van der Waals surface area (Å²) in [7, 11) is 0. The molecule has 0 spiro atoms. The average Bonchev–Trinajstić information content (AvgIpc) is 2.65. The molecule has 28 heavy (non-hydrogen) atoms. The van der Waals surface area contributed by atoms with Crippen LogP contribution in [0.15, 0.2) is 47.6 Å². The normalized spacial score (nSPS) is 11.0. The van der Waals surface area contributed by atoms with E-state index in [2.05, 4.69) is 10.5 Å². The molecule has 0 aliphatic heterocycles. The summed E-state index contributed by atoms with van der Waals surface area (Å²) < 4.78 is 4.92. The van der Waals surface area contributed by atoms with Gasteiger partial charge in [-0.05, 0) is 30.7 Å². The van der Waals surface area contributed by atoms with Crippen LogP contribution in [0.4, 0.5) is 17.1 Å². The molecule has 0 saturated heterocycles. The van der Waals surface area contributed by atoms with E-state index in [1.165, 1.54) is 6.07 Å². The molecule has 1 N–H and O–H groups in total. The van der Waals surface area contributed by atoms with Crippen molar-refractivity contribution >= 4 is 40.3 Å². The first kappa shape index (κ1) is 20.8. The van der Waals surface area contributed by atoms with Crippen molar-refractivity contribution in [2.75, 3.05) is 12.0 Å². The summed E-state index contributed by atoms with van der Waals surface area (Å²) in [6, 6.07) is 9.57. The van der Waals surface area contributed by atoms with E-state index in [1.807, 2.05) is 0 Å². The predicted molar refractivity (Wildman–Crippen MR) is 103 cm³/mol. The van der Waals surface area contributed by atoms with Crippen LogP contribution in [0.2, 0.25) is 5.02 Å². The third kappa shape index (κ3) is 5.48. The summed E-state index contributed by atoms with van der Waals surface area (Å²) in [5, 5.41) is 26.6. The maximum absolute atomic E-state index is 11.9. The van der Waals surface area contributed by atoms with Crippen LogP contribution in [0, 0.1) is 20.2 Å². The second-order valence-electron chi connectivity index (χ2n) is 5.37. The van der Waals surface area contributed by atoms with Gasteiger partial charge in [0, 0.05) is 11.1 Å². The van der Waals surface area contributed by atoms with Crippen molar-refractivity contribution < 1.29 is 19.4 Å². The SMILES string of the molecule is CCOC(=O)C/C(=N\Nc1ccc([N+](=O)[O-])cc1[N+](=O)[O-])c1ccc(Cl)cc1. The lowest BCUT2D eigenvalue weighted by atomic mass is 10.1. The molecule has 0 heterocycles. The molecule has 2 aromatic rings. The molecule has 0 amide bonds. The monoisotopic (exact) mass is 406 g/mol. The summed E-state index contributed by atoms with van der Waals surface area (Å²) in [6.07, 6.45) is -0.191. The Morgan fingerprint density at radius 3 is 2.39 bits per heavy atom. The van der Waals surface area contributed by atoms with E-state index < -0.39 is 27.2 Å². The number of benzene rings is 2. The minimum Gasteiger partial charge on any atom is -0.466 e. The Kier molecular flexibility index (Phi) is 6.99. The minimum absolute atomic E-state index is 0.0640. The Morgan fingerprint density at radius 1 is 1.14 bits per heavy atom. The lowest BCUT2D eigenvalue weighted by Gasteiger charge is -2.08. The first-order valence-corrected chi connectivity index (χ1v) is 8.36. The second kappa shape index (κ2) is 9.42. The average molecular weight is 407 g/mol. The van der Waals surface area contributed by atoms with Gasteiger partial charge in [-0.3, -0.25) is 30.4 Å². The maximum atomic E-state index is 11.9. The maximum Gasteiger partial charge on any atom is 0.311 e. The van der Waals surface area contributed by atoms with Gasteiger partial charge in [-0.25, -0.2) is 0 Å². The third-order valence-corrected chi connectivity index (χ3v) is 3.75. The zero-order chi connectivity index (χ0) is 20.7. The van der Waals surface area contributed by atoms with Gasteiger partial charge in [-0.15, -0.1) is 0 Å². The Labute approximate surface area is 164 Å². The number of carbonyl (C=O) groups is 1. The molecule has 0 aliphatic carbocycles. The molecule has 0 aliphatic rings. The number of halogens is 1. The Hall–Kier alpha value is -3.53. The largest absolute Gasteiger partial charge is 0.466 e. The third-order valence-electron chi connectivity index (χ3n) is 3.49. The lowest BCUT2D eigenvalue weighted by Crippen LogP contribution is -2.14. The van der Waals surface area contributed by atoms with E-state index in [-0.39, 0.29) is 24.4 Å². The number of ether oxygens (including phenoxy) is 1. The lowest BCUT2D eigenvalue weighted by molar-refractivity contribution is -0.393. The van der Waals surface area contributed by atoms with E-state index >= 15 is 0 Å². The highest BCUT2D eigenvalue weighted by Crippen LogP contribution is 2.29. The number of rotatable bonds is 8. The number of nitro benzene ring substituents is 2. The van der Waals surface area contributed by atoms with Gasteiger partial charge in [0.25, 0.3) is 5.69 Å². The number of hydrazone groups is 1. The number of nitro groups is 2. The summed E-state index contributed by atoms with van der Waals surface area (Å²) >= 11 is 5.86. The quantitative estimate of drug-likeness (QED) is 0.303. The van der Waals surface area contributed by atoms with Gasteiger partial charge in [0.15, 0.2) is 0 Å². The summed E-state index contributed by atoms with van der Waals surface area (Å²) in [5.41, 5.74) is 2.29. The van der Waals surface area contributed by atoms with Crippen LogP contribution in [0.3, 0.4) is 0 Å². The first-order valence-electron chi connectivity index (χ1n) is 7.98. The second-order valence-corrected chi connectivity index (χ2v) is 5.81.